The number of hydrogen-bond acceptors (Lipinski definition) is 3. The summed E-state index contributed by atoms with van der Waals surface area (Å²) in [5.74, 6) is 1.92. The zero-order valence-electron chi connectivity index (χ0n) is 18.5. The predicted molar refractivity (Wildman–Crippen MR) is 124 cm³/mol. The lowest BCUT2D eigenvalue weighted by atomic mass is 9.71. The summed E-state index contributed by atoms with van der Waals surface area (Å²) in [5, 5.41) is 12.8. The third-order valence-electron chi connectivity index (χ3n) is 7.68. The minimum Gasteiger partial charge on any atom is -1.00 e. The Morgan fingerprint density at radius 1 is 1.22 bits per heavy atom. The van der Waals surface area contributed by atoms with E-state index in [1.807, 2.05) is 30.5 Å². The van der Waals surface area contributed by atoms with Crippen LogP contribution in [-0.2, 0) is 6.54 Å². The topological polar surface area (TPSA) is 42.4 Å². The van der Waals surface area contributed by atoms with E-state index in [1.54, 1.807) is 7.11 Å². The molecular formula is C27H31BrN2O2. The molecule has 0 aliphatic carbocycles. The maximum absolute atomic E-state index is 11.8. The zero-order valence-corrected chi connectivity index (χ0v) is 20.1. The summed E-state index contributed by atoms with van der Waals surface area (Å²) in [4.78, 5) is 4.52. The van der Waals surface area contributed by atoms with Gasteiger partial charge in [0.1, 0.15) is 24.4 Å². The SMILES string of the molecule is C=C[C@H]1C[N+]2(Cc3ccccc3)CC[C@H]1C[C@H]2[C@H](O)c1ccnc2ccc(OC)cc12.[Br-]. The second-order valence-electron chi connectivity index (χ2n) is 9.25. The molecule has 3 fully saturated rings. The van der Waals surface area contributed by atoms with Crippen LogP contribution in [0.15, 0.2) is 73.4 Å². The Morgan fingerprint density at radius 2 is 2.03 bits per heavy atom. The van der Waals surface area contributed by atoms with Crippen molar-refractivity contribution in [3.05, 3.63) is 84.6 Å². The quantitative estimate of drug-likeness (QED) is 0.420. The fourth-order valence-corrected chi connectivity index (χ4v) is 6.07. The Bertz CT molecular complexity index is 1090. The summed E-state index contributed by atoms with van der Waals surface area (Å²) in [6.45, 7) is 7.25. The molecule has 4 nitrogen and oxygen atoms in total. The smallest absolute Gasteiger partial charge is 0.131 e. The summed E-state index contributed by atoms with van der Waals surface area (Å²) in [7, 11) is 1.68. The summed E-state index contributed by atoms with van der Waals surface area (Å²) >= 11 is 0. The van der Waals surface area contributed by atoms with Crippen molar-refractivity contribution in [2.45, 2.75) is 31.5 Å². The number of benzene rings is 2. The molecule has 0 radical (unpaired) electrons. The number of halogens is 1. The van der Waals surface area contributed by atoms with Gasteiger partial charge in [-0.05, 0) is 35.7 Å². The third-order valence-corrected chi connectivity index (χ3v) is 7.68. The van der Waals surface area contributed by atoms with Gasteiger partial charge in [-0.15, -0.1) is 6.58 Å². The molecule has 3 aliphatic heterocycles. The molecular weight excluding hydrogens is 464 g/mol. The highest BCUT2D eigenvalue weighted by atomic mass is 79.9. The second-order valence-corrected chi connectivity index (χ2v) is 9.25. The number of aliphatic hydroxyl groups excluding tert-OH is 1. The molecule has 0 amide bonds. The molecule has 0 saturated carbocycles. The van der Waals surface area contributed by atoms with E-state index in [0.29, 0.717) is 11.8 Å². The van der Waals surface area contributed by atoms with Crippen LogP contribution in [0.25, 0.3) is 10.9 Å². The highest BCUT2D eigenvalue weighted by Crippen LogP contribution is 2.48. The molecule has 2 bridgehead atoms. The molecule has 2 aromatic carbocycles. The fraction of sp³-hybridized carbons (Fsp3) is 0.370. The number of aromatic nitrogens is 1. The van der Waals surface area contributed by atoms with Gasteiger partial charge >= 0.3 is 0 Å². The van der Waals surface area contributed by atoms with Gasteiger partial charge in [0.15, 0.2) is 0 Å². The van der Waals surface area contributed by atoms with Gasteiger partial charge in [-0.2, -0.15) is 0 Å². The van der Waals surface area contributed by atoms with E-state index in [1.165, 1.54) is 12.0 Å². The highest BCUT2D eigenvalue weighted by molar-refractivity contribution is 5.83. The number of methoxy groups -OCH3 is 1. The molecule has 6 rings (SSSR count). The van der Waals surface area contributed by atoms with Gasteiger partial charge in [0.2, 0.25) is 0 Å². The van der Waals surface area contributed by atoms with E-state index < -0.39 is 6.10 Å². The van der Waals surface area contributed by atoms with E-state index >= 15 is 0 Å². The van der Waals surface area contributed by atoms with E-state index in [9.17, 15) is 5.11 Å². The molecule has 1 aromatic heterocycles. The average molecular weight is 495 g/mol. The second kappa shape index (κ2) is 9.34. The number of piperidine rings is 3. The molecule has 3 saturated heterocycles. The van der Waals surface area contributed by atoms with Crippen molar-refractivity contribution in [1.29, 1.82) is 0 Å². The number of rotatable bonds is 6. The first-order valence-electron chi connectivity index (χ1n) is 11.3. The van der Waals surface area contributed by atoms with Gasteiger partial charge in [-0.3, -0.25) is 4.98 Å². The van der Waals surface area contributed by atoms with E-state index in [-0.39, 0.29) is 23.0 Å². The van der Waals surface area contributed by atoms with E-state index in [0.717, 1.165) is 52.8 Å². The minimum absolute atomic E-state index is 0. The van der Waals surface area contributed by atoms with Crippen LogP contribution in [0.4, 0.5) is 0 Å². The first-order chi connectivity index (χ1) is 15.1. The molecule has 3 aromatic rings. The molecule has 4 heterocycles. The maximum atomic E-state index is 11.8. The van der Waals surface area contributed by atoms with E-state index in [2.05, 4.69) is 48.0 Å². The number of quaternary nitrogens is 1. The van der Waals surface area contributed by atoms with Gasteiger partial charge < -0.3 is 31.3 Å². The van der Waals surface area contributed by atoms with Crippen molar-refractivity contribution >= 4 is 10.9 Å². The molecule has 5 heteroatoms. The van der Waals surface area contributed by atoms with Crippen LogP contribution in [0.3, 0.4) is 0 Å². The van der Waals surface area contributed by atoms with Crippen LogP contribution in [0.1, 0.15) is 30.1 Å². The standard InChI is InChI=1S/C27H31N2O2.BrH/c1-3-20-18-29(17-19-7-5-4-6-8-19)14-12-21(20)15-26(29)27(30)23-11-13-28-25-10-9-22(31-2)16-24(23)25;/h3-11,13,16,20-21,26-27,30H,1,12,14-15,17-18H2,2H3;1H/q+1;/p-1/t20-,21-,26-,27+,29?;/m0./s1. The molecule has 168 valence electrons. The highest BCUT2D eigenvalue weighted by Gasteiger charge is 2.53. The number of hydrogen-bond donors (Lipinski definition) is 1. The molecule has 32 heavy (non-hydrogen) atoms. The number of nitrogens with zero attached hydrogens (tertiary/aromatic N) is 2. The van der Waals surface area contributed by atoms with Crippen LogP contribution in [0, 0.1) is 11.8 Å². The summed E-state index contributed by atoms with van der Waals surface area (Å²) in [6, 6.07) is 18.8. The molecule has 3 aliphatic rings. The number of fused-ring (bicyclic) bond motifs is 4. The predicted octanol–water partition coefficient (Wildman–Crippen LogP) is 1.89. The lowest BCUT2D eigenvalue weighted by molar-refractivity contribution is -0.984. The number of aliphatic hydroxyl groups is 1. The van der Waals surface area contributed by atoms with Crippen LogP contribution < -0.4 is 21.7 Å². The first kappa shape index (κ1) is 23.0. The zero-order chi connectivity index (χ0) is 21.4. The Labute approximate surface area is 200 Å². The Hall–Kier alpha value is -2.21. The first-order valence-corrected chi connectivity index (χ1v) is 11.3. The normalized spacial score (nSPS) is 27.5. The maximum Gasteiger partial charge on any atom is 0.131 e. The average Bonchev–Trinajstić information content (AvgIpc) is 2.83. The van der Waals surface area contributed by atoms with Crippen molar-refractivity contribution in [3.63, 3.8) is 0 Å². The van der Waals surface area contributed by atoms with E-state index in [4.69, 9.17) is 4.74 Å². The van der Waals surface area contributed by atoms with Crippen LogP contribution in [0.5, 0.6) is 5.75 Å². The van der Waals surface area contributed by atoms with Crippen molar-refractivity contribution < 1.29 is 31.3 Å². The van der Waals surface area contributed by atoms with Gasteiger partial charge in [0.25, 0.3) is 0 Å². The molecule has 1 N–H and O–H groups in total. The molecule has 0 spiro atoms. The van der Waals surface area contributed by atoms with Crippen molar-refractivity contribution in [1.82, 2.24) is 4.98 Å². The molecule has 1 unspecified atom stereocenters. The minimum atomic E-state index is -0.546. The van der Waals surface area contributed by atoms with Gasteiger partial charge in [-0.1, -0.05) is 36.4 Å². The van der Waals surface area contributed by atoms with Gasteiger partial charge in [-0.25, -0.2) is 0 Å². The van der Waals surface area contributed by atoms with Crippen LogP contribution in [0.2, 0.25) is 0 Å². The lowest BCUT2D eigenvalue weighted by Crippen LogP contribution is -3.00. The van der Waals surface area contributed by atoms with Gasteiger partial charge in [0, 0.05) is 35.9 Å². The molecule has 5 atom stereocenters. The largest absolute Gasteiger partial charge is 1.00 e. The Morgan fingerprint density at radius 3 is 2.78 bits per heavy atom. The fourth-order valence-electron chi connectivity index (χ4n) is 6.07. The van der Waals surface area contributed by atoms with Crippen LogP contribution >= 0.6 is 0 Å². The van der Waals surface area contributed by atoms with Crippen molar-refractivity contribution in [2.75, 3.05) is 20.2 Å². The summed E-state index contributed by atoms with van der Waals surface area (Å²) in [5.41, 5.74) is 3.19. The van der Waals surface area contributed by atoms with Crippen molar-refractivity contribution in [3.8, 4) is 5.75 Å². The summed E-state index contributed by atoms with van der Waals surface area (Å²) in [6.07, 6.45) is 5.65. The summed E-state index contributed by atoms with van der Waals surface area (Å²) < 4.78 is 6.38. The Kier molecular flexibility index (Phi) is 6.70. The van der Waals surface area contributed by atoms with Crippen LogP contribution in [-0.4, -0.2) is 40.8 Å². The third kappa shape index (κ3) is 3.98. The monoisotopic (exact) mass is 494 g/mol. The van der Waals surface area contributed by atoms with Crippen molar-refractivity contribution in [2.24, 2.45) is 11.8 Å². The number of pyridine rings is 1. The lowest BCUT2D eigenvalue weighted by Gasteiger charge is -2.58. The van der Waals surface area contributed by atoms with Gasteiger partial charge in [0.05, 0.1) is 25.7 Å². The number of ether oxygens (including phenoxy) is 1. The Balaban J connectivity index is 0.00000245.